The fourth-order valence-electron chi connectivity index (χ4n) is 4.88. The van der Waals surface area contributed by atoms with Crippen molar-refractivity contribution in [3.8, 4) is 11.3 Å². The first-order chi connectivity index (χ1) is 18.5. The zero-order chi connectivity index (χ0) is 26.5. The molecule has 0 aliphatic carbocycles. The highest BCUT2D eigenvalue weighted by Crippen LogP contribution is 2.35. The predicted molar refractivity (Wildman–Crippen MR) is 149 cm³/mol. The monoisotopic (exact) mass is 512 g/mol. The van der Waals surface area contributed by atoms with E-state index in [9.17, 15) is 14.4 Å². The summed E-state index contributed by atoms with van der Waals surface area (Å²) in [6.45, 7) is 5.50. The first-order valence-corrected chi connectivity index (χ1v) is 13.2. The molecule has 38 heavy (non-hydrogen) atoms. The van der Waals surface area contributed by atoms with E-state index >= 15 is 0 Å². The van der Waals surface area contributed by atoms with Crippen LogP contribution < -0.4 is 16.0 Å². The normalized spacial score (nSPS) is 15.9. The van der Waals surface area contributed by atoms with Crippen molar-refractivity contribution in [3.63, 3.8) is 0 Å². The van der Waals surface area contributed by atoms with Crippen molar-refractivity contribution < 1.29 is 18.8 Å². The number of fused-ring (bicyclic) bond motifs is 1. The van der Waals surface area contributed by atoms with E-state index in [1.807, 2.05) is 31.2 Å². The molecule has 1 saturated heterocycles. The number of likely N-dealkylation sites (tertiary alicyclic amines) is 1. The van der Waals surface area contributed by atoms with Crippen LogP contribution in [0.3, 0.4) is 0 Å². The average Bonchev–Trinajstić information content (AvgIpc) is 3.66. The maximum absolute atomic E-state index is 12.8. The van der Waals surface area contributed by atoms with Gasteiger partial charge in [0.2, 0.25) is 5.91 Å². The van der Waals surface area contributed by atoms with E-state index in [-0.39, 0.29) is 17.7 Å². The Balaban J connectivity index is 1.37. The average molecular weight is 513 g/mol. The van der Waals surface area contributed by atoms with Crippen molar-refractivity contribution in [3.05, 3.63) is 71.5 Å². The van der Waals surface area contributed by atoms with E-state index < -0.39 is 0 Å². The van der Waals surface area contributed by atoms with Crippen molar-refractivity contribution in [2.75, 3.05) is 36.8 Å². The van der Waals surface area contributed by atoms with Crippen molar-refractivity contribution >= 4 is 40.7 Å². The minimum absolute atomic E-state index is 0.131. The van der Waals surface area contributed by atoms with E-state index in [0.717, 1.165) is 30.9 Å². The lowest BCUT2D eigenvalue weighted by atomic mass is 10.1. The molecular formula is C30H32N4O4. The van der Waals surface area contributed by atoms with Gasteiger partial charge in [0.05, 0.1) is 11.3 Å². The largest absolute Gasteiger partial charge is 0.457 e. The summed E-state index contributed by atoms with van der Waals surface area (Å²) in [7, 11) is 0. The SMILES string of the molecule is CCCC(=O)Nc1cc(C(=O)NCCN2CCCC2)ccc1-c1ccc(C=C2C(=O)Nc3ccccc32)o1. The number of para-hydroxylation sites is 1. The molecule has 196 valence electrons. The van der Waals surface area contributed by atoms with Crippen molar-refractivity contribution in [2.24, 2.45) is 0 Å². The molecular weight excluding hydrogens is 480 g/mol. The standard InChI is InChI=1S/C30H32N4O4/c1-2-7-28(35)32-26-18-20(29(36)31-14-17-34-15-5-6-16-34)10-12-23(26)27-13-11-21(38-27)19-24-22-8-3-4-9-25(22)33-30(24)37/h3-4,8-13,18-19H,2,5-7,14-17H2,1H3,(H,31,36)(H,32,35)(H,33,37). The second kappa shape index (κ2) is 11.5. The summed E-state index contributed by atoms with van der Waals surface area (Å²) in [5.41, 5.74) is 3.75. The Morgan fingerprint density at radius 2 is 1.87 bits per heavy atom. The van der Waals surface area contributed by atoms with E-state index in [1.54, 1.807) is 36.4 Å². The number of anilines is 2. The zero-order valence-electron chi connectivity index (χ0n) is 21.5. The van der Waals surface area contributed by atoms with Crippen LogP contribution in [0, 0.1) is 0 Å². The molecule has 3 aromatic rings. The van der Waals surface area contributed by atoms with Crippen LogP contribution in [0.15, 0.2) is 59.0 Å². The third-order valence-corrected chi connectivity index (χ3v) is 6.83. The van der Waals surface area contributed by atoms with Gasteiger partial charge in [0, 0.05) is 41.9 Å². The number of hydrogen-bond donors (Lipinski definition) is 3. The Labute approximate surface area is 222 Å². The minimum atomic E-state index is -0.184. The van der Waals surface area contributed by atoms with E-state index in [0.29, 0.717) is 53.3 Å². The molecule has 0 radical (unpaired) electrons. The van der Waals surface area contributed by atoms with Crippen molar-refractivity contribution in [1.29, 1.82) is 0 Å². The highest BCUT2D eigenvalue weighted by molar-refractivity contribution is 6.34. The number of amides is 3. The molecule has 3 amide bonds. The summed E-state index contributed by atoms with van der Waals surface area (Å²) in [5.74, 6) is 0.538. The topological polar surface area (TPSA) is 104 Å². The lowest BCUT2D eigenvalue weighted by molar-refractivity contribution is -0.116. The summed E-state index contributed by atoms with van der Waals surface area (Å²) in [5, 5.41) is 8.79. The first-order valence-electron chi connectivity index (χ1n) is 13.2. The van der Waals surface area contributed by atoms with Crippen LogP contribution in [0.25, 0.3) is 23.0 Å². The number of nitrogens with zero attached hydrogens (tertiary/aromatic N) is 1. The van der Waals surface area contributed by atoms with Gasteiger partial charge in [-0.15, -0.1) is 0 Å². The van der Waals surface area contributed by atoms with Crippen LogP contribution in [0.5, 0.6) is 0 Å². The van der Waals surface area contributed by atoms with Crippen LogP contribution in [0.2, 0.25) is 0 Å². The van der Waals surface area contributed by atoms with Gasteiger partial charge >= 0.3 is 0 Å². The number of carbonyl (C=O) groups excluding carboxylic acids is 3. The maximum Gasteiger partial charge on any atom is 0.256 e. The fraction of sp³-hybridized carbons (Fsp3) is 0.300. The van der Waals surface area contributed by atoms with Gasteiger partial charge in [0.1, 0.15) is 11.5 Å². The number of hydrogen-bond acceptors (Lipinski definition) is 5. The summed E-state index contributed by atoms with van der Waals surface area (Å²) >= 11 is 0. The molecule has 0 saturated carbocycles. The number of rotatable bonds is 9. The van der Waals surface area contributed by atoms with Crippen LogP contribution in [0.4, 0.5) is 11.4 Å². The highest BCUT2D eigenvalue weighted by atomic mass is 16.3. The van der Waals surface area contributed by atoms with Crippen molar-refractivity contribution in [1.82, 2.24) is 10.2 Å². The molecule has 0 atom stereocenters. The Morgan fingerprint density at radius 3 is 2.68 bits per heavy atom. The smallest absolute Gasteiger partial charge is 0.256 e. The molecule has 2 aromatic carbocycles. The van der Waals surface area contributed by atoms with E-state index in [1.165, 1.54) is 12.8 Å². The number of benzene rings is 2. The molecule has 3 heterocycles. The van der Waals surface area contributed by atoms with Crippen LogP contribution in [-0.4, -0.2) is 48.8 Å². The van der Waals surface area contributed by atoms with Crippen LogP contribution in [-0.2, 0) is 9.59 Å². The molecule has 8 heteroatoms. The van der Waals surface area contributed by atoms with Gasteiger partial charge in [0.25, 0.3) is 11.8 Å². The van der Waals surface area contributed by atoms with Gasteiger partial charge in [0.15, 0.2) is 0 Å². The highest BCUT2D eigenvalue weighted by Gasteiger charge is 2.24. The quantitative estimate of drug-likeness (QED) is 0.350. The lowest BCUT2D eigenvalue weighted by Crippen LogP contribution is -2.33. The number of nitrogens with one attached hydrogen (secondary N) is 3. The fourth-order valence-corrected chi connectivity index (χ4v) is 4.88. The van der Waals surface area contributed by atoms with Crippen LogP contribution >= 0.6 is 0 Å². The Kier molecular flexibility index (Phi) is 7.70. The van der Waals surface area contributed by atoms with Crippen molar-refractivity contribution in [2.45, 2.75) is 32.6 Å². The molecule has 0 unspecified atom stereocenters. The second-order valence-electron chi connectivity index (χ2n) is 9.62. The number of furan rings is 1. The van der Waals surface area contributed by atoms with Gasteiger partial charge in [-0.05, 0) is 74.8 Å². The van der Waals surface area contributed by atoms with E-state index in [2.05, 4.69) is 20.9 Å². The minimum Gasteiger partial charge on any atom is -0.457 e. The molecule has 3 N–H and O–H groups in total. The van der Waals surface area contributed by atoms with Gasteiger partial charge in [-0.1, -0.05) is 25.1 Å². The molecule has 0 spiro atoms. The lowest BCUT2D eigenvalue weighted by Gasteiger charge is -2.15. The Bertz CT molecular complexity index is 1380. The molecule has 8 nitrogen and oxygen atoms in total. The first kappa shape index (κ1) is 25.5. The van der Waals surface area contributed by atoms with E-state index in [4.69, 9.17) is 4.42 Å². The Hall–Kier alpha value is -4.17. The number of carbonyl (C=O) groups is 3. The maximum atomic E-state index is 12.8. The van der Waals surface area contributed by atoms with Gasteiger partial charge in [-0.2, -0.15) is 0 Å². The predicted octanol–water partition coefficient (Wildman–Crippen LogP) is 5.00. The molecule has 5 rings (SSSR count). The zero-order valence-corrected chi connectivity index (χ0v) is 21.5. The summed E-state index contributed by atoms with van der Waals surface area (Å²) in [6, 6.07) is 16.3. The summed E-state index contributed by atoms with van der Waals surface area (Å²) < 4.78 is 6.09. The van der Waals surface area contributed by atoms with Gasteiger partial charge in [-0.25, -0.2) is 0 Å². The Morgan fingerprint density at radius 1 is 1.05 bits per heavy atom. The third-order valence-electron chi connectivity index (χ3n) is 6.83. The molecule has 2 aliphatic heterocycles. The second-order valence-corrected chi connectivity index (χ2v) is 9.62. The molecule has 2 aliphatic rings. The summed E-state index contributed by atoms with van der Waals surface area (Å²) in [4.78, 5) is 40.2. The third kappa shape index (κ3) is 5.70. The molecule has 1 aromatic heterocycles. The molecule has 0 bridgehead atoms. The van der Waals surface area contributed by atoms with Crippen LogP contribution in [0.1, 0.15) is 54.3 Å². The summed E-state index contributed by atoms with van der Waals surface area (Å²) in [6.07, 6.45) is 5.21. The van der Waals surface area contributed by atoms with Gasteiger partial charge in [-0.3, -0.25) is 14.4 Å². The van der Waals surface area contributed by atoms with Gasteiger partial charge < -0.3 is 25.3 Å². The molecule has 1 fully saturated rings.